The summed E-state index contributed by atoms with van der Waals surface area (Å²) in [6, 6.07) is 0. The molecule has 4 nitrogen and oxygen atoms in total. The minimum Gasteiger partial charge on any atom is -0.302 e. The van der Waals surface area contributed by atoms with Crippen molar-refractivity contribution >= 4 is 44.1 Å². The topological polar surface area (TPSA) is 59.1 Å². The van der Waals surface area contributed by atoms with Crippen LogP contribution in [0.2, 0.25) is 0 Å². The van der Waals surface area contributed by atoms with Gasteiger partial charge in [0.25, 0.3) is 0 Å². The van der Waals surface area contributed by atoms with E-state index in [0.717, 1.165) is 12.8 Å². The Morgan fingerprint density at radius 3 is 2.50 bits per heavy atom. The lowest BCUT2D eigenvalue weighted by Crippen LogP contribution is -2.21. The highest BCUT2D eigenvalue weighted by Crippen LogP contribution is 2.24. The second-order valence-corrected chi connectivity index (χ2v) is 5.55. The maximum absolute atomic E-state index is 11.9. The van der Waals surface area contributed by atoms with Crippen LogP contribution in [0.15, 0.2) is 0 Å². The van der Waals surface area contributed by atoms with Crippen LogP contribution in [0.4, 0.5) is 5.13 Å². The molecule has 0 fully saturated rings. The fourth-order valence-corrected chi connectivity index (χ4v) is 3.01. The molecule has 1 heterocycles. The average Bonchev–Trinajstić information content (AvgIpc) is 2.70. The van der Waals surface area contributed by atoms with E-state index in [-0.39, 0.29) is 22.9 Å². The highest BCUT2D eigenvalue weighted by molar-refractivity contribution is 9.09. The van der Waals surface area contributed by atoms with Crippen molar-refractivity contribution in [3.8, 4) is 0 Å². The number of halogens is 1. The van der Waals surface area contributed by atoms with E-state index in [9.17, 15) is 9.59 Å². The van der Waals surface area contributed by atoms with Gasteiger partial charge < -0.3 is 5.32 Å². The molecule has 6 heteroatoms. The number of thiazole rings is 1. The van der Waals surface area contributed by atoms with Crippen molar-refractivity contribution in [3.63, 3.8) is 0 Å². The molecule has 0 radical (unpaired) electrons. The molecule has 100 valence electrons. The van der Waals surface area contributed by atoms with Crippen molar-refractivity contribution in [3.05, 3.63) is 10.6 Å². The highest BCUT2D eigenvalue weighted by atomic mass is 79.9. The second kappa shape index (κ2) is 6.99. The van der Waals surface area contributed by atoms with Crippen LogP contribution in [-0.2, 0) is 4.79 Å². The molecule has 0 aliphatic carbocycles. The Morgan fingerprint density at radius 1 is 1.39 bits per heavy atom. The SMILES string of the molecule is CCC(CC)C(=O)Nc1nc(C)c(C(=O)CBr)s1. The predicted octanol–water partition coefficient (Wildman–Crippen LogP) is 3.40. The van der Waals surface area contributed by atoms with E-state index in [1.807, 2.05) is 13.8 Å². The lowest BCUT2D eigenvalue weighted by atomic mass is 10.0. The van der Waals surface area contributed by atoms with Gasteiger partial charge in [-0.15, -0.1) is 0 Å². The van der Waals surface area contributed by atoms with Gasteiger partial charge in [0, 0.05) is 5.92 Å². The normalized spacial score (nSPS) is 10.7. The van der Waals surface area contributed by atoms with Gasteiger partial charge in [0.15, 0.2) is 10.9 Å². The molecule has 0 aromatic carbocycles. The van der Waals surface area contributed by atoms with E-state index in [2.05, 4.69) is 26.2 Å². The minimum absolute atomic E-state index is 0.00420. The highest BCUT2D eigenvalue weighted by Gasteiger charge is 2.18. The number of rotatable bonds is 6. The number of alkyl halides is 1. The van der Waals surface area contributed by atoms with Gasteiger partial charge >= 0.3 is 0 Å². The summed E-state index contributed by atoms with van der Waals surface area (Å²) in [7, 11) is 0. The van der Waals surface area contributed by atoms with Crippen LogP contribution in [0.25, 0.3) is 0 Å². The molecule has 1 aromatic rings. The Labute approximate surface area is 119 Å². The molecule has 0 spiro atoms. The van der Waals surface area contributed by atoms with Gasteiger partial charge in [0.05, 0.1) is 15.9 Å². The van der Waals surface area contributed by atoms with E-state index < -0.39 is 0 Å². The lowest BCUT2D eigenvalue weighted by Gasteiger charge is -2.10. The fourth-order valence-electron chi connectivity index (χ4n) is 1.64. The number of carbonyl (C=O) groups is 2. The molecular formula is C12H17BrN2O2S. The third-order valence-electron chi connectivity index (χ3n) is 2.76. The van der Waals surface area contributed by atoms with Crippen LogP contribution in [0.3, 0.4) is 0 Å². The van der Waals surface area contributed by atoms with Gasteiger partial charge in [0.2, 0.25) is 5.91 Å². The van der Waals surface area contributed by atoms with Crippen LogP contribution >= 0.6 is 27.3 Å². The Balaban J connectivity index is 2.80. The van der Waals surface area contributed by atoms with E-state index in [0.29, 0.717) is 15.7 Å². The Morgan fingerprint density at radius 2 is 2.00 bits per heavy atom. The van der Waals surface area contributed by atoms with Crippen molar-refractivity contribution in [2.24, 2.45) is 5.92 Å². The summed E-state index contributed by atoms with van der Waals surface area (Å²) < 4.78 is 0. The van der Waals surface area contributed by atoms with Gasteiger partial charge in [-0.1, -0.05) is 41.1 Å². The molecule has 0 saturated heterocycles. The number of aromatic nitrogens is 1. The molecule has 1 aromatic heterocycles. The van der Waals surface area contributed by atoms with E-state index >= 15 is 0 Å². The number of carbonyl (C=O) groups excluding carboxylic acids is 2. The summed E-state index contributed by atoms with van der Waals surface area (Å²) in [6.45, 7) is 5.75. The van der Waals surface area contributed by atoms with Crippen LogP contribution < -0.4 is 5.32 Å². The standard InChI is InChI=1S/C12H17BrN2O2S/c1-4-8(5-2)11(17)15-12-14-7(3)10(18-12)9(16)6-13/h8H,4-6H2,1-3H3,(H,14,15,17). The third kappa shape index (κ3) is 3.62. The number of ketones is 1. The molecule has 0 atom stereocenters. The van der Waals surface area contributed by atoms with Crippen LogP contribution in [-0.4, -0.2) is 22.0 Å². The zero-order valence-corrected chi connectivity index (χ0v) is 13.2. The quantitative estimate of drug-likeness (QED) is 0.641. The average molecular weight is 333 g/mol. The largest absolute Gasteiger partial charge is 0.302 e. The van der Waals surface area contributed by atoms with Gasteiger partial charge in [-0.05, 0) is 19.8 Å². The summed E-state index contributed by atoms with van der Waals surface area (Å²) in [4.78, 5) is 28.3. The Bertz CT molecular complexity index is 441. The zero-order valence-electron chi connectivity index (χ0n) is 10.7. The summed E-state index contributed by atoms with van der Waals surface area (Å²) in [5.41, 5.74) is 0.671. The number of nitrogens with zero attached hydrogens (tertiary/aromatic N) is 1. The van der Waals surface area contributed by atoms with Gasteiger partial charge in [-0.2, -0.15) is 0 Å². The van der Waals surface area contributed by atoms with Crippen molar-refractivity contribution in [2.75, 3.05) is 10.6 Å². The molecule has 0 bridgehead atoms. The number of aryl methyl sites for hydroxylation is 1. The number of hydrogen-bond acceptors (Lipinski definition) is 4. The maximum Gasteiger partial charge on any atom is 0.229 e. The van der Waals surface area contributed by atoms with Crippen molar-refractivity contribution in [1.29, 1.82) is 0 Å². The van der Waals surface area contributed by atoms with Crippen LogP contribution in [0, 0.1) is 12.8 Å². The molecule has 1 amide bonds. The summed E-state index contributed by atoms with van der Waals surface area (Å²) in [5, 5.41) is 3.57. The number of nitrogens with one attached hydrogen (secondary N) is 1. The summed E-state index contributed by atoms with van der Waals surface area (Å²) in [6.07, 6.45) is 1.61. The molecule has 1 rings (SSSR count). The summed E-state index contributed by atoms with van der Waals surface area (Å²) >= 11 is 4.37. The van der Waals surface area contributed by atoms with E-state index in [1.54, 1.807) is 6.92 Å². The van der Waals surface area contributed by atoms with E-state index in [1.165, 1.54) is 11.3 Å². The van der Waals surface area contributed by atoms with Crippen molar-refractivity contribution < 1.29 is 9.59 Å². The number of anilines is 1. The molecule has 0 aliphatic rings. The number of hydrogen-bond donors (Lipinski definition) is 1. The first-order chi connectivity index (χ1) is 8.53. The van der Waals surface area contributed by atoms with Crippen LogP contribution in [0.5, 0.6) is 0 Å². The molecule has 0 unspecified atom stereocenters. The minimum atomic E-state index is -0.0217. The monoisotopic (exact) mass is 332 g/mol. The predicted molar refractivity (Wildman–Crippen MR) is 77.7 cm³/mol. The first-order valence-corrected chi connectivity index (χ1v) is 7.84. The smallest absolute Gasteiger partial charge is 0.229 e. The summed E-state index contributed by atoms with van der Waals surface area (Å²) in [5.74, 6) is -0.0239. The Hall–Kier alpha value is -0.750. The Kier molecular flexibility index (Phi) is 5.95. The van der Waals surface area contributed by atoms with E-state index in [4.69, 9.17) is 0 Å². The van der Waals surface area contributed by atoms with Gasteiger partial charge in [-0.3, -0.25) is 9.59 Å². The third-order valence-corrected chi connectivity index (χ3v) is 4.38. The van der Waals surface area contributed by atoms with Crippen LogP contribution in [0.1, 0.15) is 42.1 Å². The molecular weight excluding hydrogens is 316 g/mol. The first-order valence-electron chi connectivity index (χ1n) is 5.90. The maximum atomic E-state index is 11.9. The lowest BCUT2D eigenvalue weighted by molar-refractivity contribution is -0.120. The molecule has 18 heavy (non-hydrogen) atoms. The fraction of sp³-hybridized carbons (Fsp3) is 0.583. The molecule has 0 aliphatic heterocycles. The van der Waals surface area contributed by atoms with Gasteiger partial charge in [-0.25, -0.2) is 4.98 Å². The first kappa shape index (κ1) is 15.3. The second-order valence-electron chi connectivity index (χ2n) is 3.99. The molecule has 1 N–H and O–H groups in total. The van der Waals surface area contributed by atoms with Gasteiger partial charge in [0.1, 0.15) is 0 Å². The zero-order chi connectivity index (χ0) is 13.7. The number of Topliss-reactive ketones (excluding diaryl/α,β-unsaturated/α-hetero) is 1. The van der Waals surface area contributed by atoms with Crippen molar-refractivity contribution in [1.82, 2.24) is 4.98 Å². The molecule has 0 saturated carbocycles. The number of amides is 1. The van der Waals surface area contributed by atoms with Crippen molar-refractivity contribution in [2.45, 2.75) is 33.6 Å².